The molecular formula is C9H8F3NO2. The van der Waals surface area contributed by atoms with E-state index >= 15 is 0 Å². The smallest absolute Gasteiger partial charge is 0.513 e. The lowest BCUT2D eigenvalue weighted by Gasteiger charge is -2.12. The number of rotatable bonds is 2. The van der Waals surface area contributed by atoms with E-state index in [9.17, 15) is 13.2 Å². The van der Waals surface area contributed by atoms with E-state index in [1.165, 1.54) is 18.2 Å². The molecule has 6 heteroatoms. The fourth-order valence-electron chi connectivity index (χ4n) is 0.988. The number of alkyl halides is 3. The summed E-state index contributed by atoms with van der Waals surface area (Å²) in [5.41, 5.74) is 5.06. The molecule has 0 aromatic heterocycles. The minimum atomic E-state index is -4.79. The summed E-state index contributed by atoms with van der Waals surface area (Å²) < 4.78 is 39.6. The summed E-state index contributed by atoms with van der Waals surface area (Å²) in [5, 5.41) is 8.59. The van der Waals surface area contributed by atoms with Crippen molar-refractivity contribution in [1.82, 2.24) is 0 Å². The van der Waals surface area contributed by atoms with Crippen LogP contribution in [0.25, 0.3) is 5.70 Å². The van der Waals surface area contributed by atoms with Crippen molar-refractivity contribution in [2.45, 2.75) is 6.36 Å². The minimum Gasteiger partial charge on any atom is -0.513 e. The van der Waals surface area contributed by atoms with E-state index in [-0.39, 0.29) is 11.3 Å². The lowest BCUT2D eigenvalue weighted by Crippen LogP contribution is -2.18. The van der Waals surface area contributed by atoms with Crippen molar-refractivity contribution in [2.24, 2.45) is 5.73 Å². The van der Waals surface area contributed by atoms with Crippen molar-refractivity contribution in [1.29, 1.82) is 0 Å². The van der Waals surface area contributed by atoms with E-state index in [1.807, 2.05) is 0 Å². The summed E-state index contributed by atoms with van der Waals surface area (Å²) in [7, 11) is 0. The maximum absolute atomic E-state index is 11.9. The average molecular weight is 219 g/mol. The Kier molecular flexibility index (Phi) is 3.08. The van der Waals surface area contributed by atoms with Crippen molar-refractivity contribution < 1.29 is 23.0 Å². The van der Waals surface area contributed by atoms with E-state index in [2.05, 4.69) is 4.74 Å². The fourth-order valence-corrected chi connectivity index (χ4v) is 0.988. The van der Waals surface area contributed by atoms with Gasteiger partial charge < -0.3 is 15.6 Å². The Morgan fingerprint density at radius 3 is 2.47 bits per heavy atom. The van der Waals surface area contributed by atoms with E-state index in [0.717, 1.165) is 6.07 Å². The molecule has 0 fully saturated rings. The molecule has 0 aliphatic rings. The van der Waals surface area contributed by atoms with E-state index in [1.54, 1.807) is 0 Å². The van der Waals surface area contributed by atoms with Gasteiger partial charge in [0.05, 0.1) is 5.70 Å². The molecule has 0 aliphatic carbocycles. The Balaban J connectivity index is 3.07. The number of nitrogens with two attached hydrogens (primary N) is 1. The average Bonchev–Trinajstić information content (AvgIpc) is 2.15. The molecule has 1 aromatic carbocycles. The first-order valence-corrected chi connectivity index (χ1v) is 3.89. The molecule has 0 heterocycles. The summed E-state index contributed by atoms with van der Waals surface area (Å²) in [5.74, 6) is -0.451. The largest absolute Gasteiger partial charge is 0.573 e. The maximum atomic E-state index is 11.9. The highest BCUT2D eigenvalue weighted by Crippen LogP contribution is 2.28. The third-order valence-corrected chi connectivity index (χ3v) is 1.56. The minimum absolute atomic E-state index is 0.0164. The van der Waals surface area contributed by atoms with Gasteiger partial charge in [0.1, 0.15) is 12.0 Å². The SMILES string of the molecule is N/C(=C\O)c1ccccc1OC(F)(F)F. The molecular weight excluding hydrogens is 211 g/mol. The molecule has 0 spiro atoms. The predicted molar refractivity (Wildman–Crippen MR) is 47.9 cm³/mol. The van der Waals surface area contributed by atoms with Crippen LogP contribution in [-0.4, -0.2) is 11.5 Å². The van der Waals surface area contributed by atoms with Crippen molar-refractivity contribution in [3.05, 3.63) is 36.1 Å². The van der Waals surface area contributed by atoms with Crippen LogP contribution in [0.5, 0.6) is 5.75 Å². The van der Waals surface area contributed by atoms with Crippen molar-refractivity contribution in [3.8, 4) is 5.75 Å². The number of ether oxygens (including phenoxy) is 1. The molecule has 0 saturated heterocycles. The summed E-state index contributed by atoms with van der Waals surface area (Å²) >= 11 is 0. The predicted octanol–water partition coefficient (Wildman–Crippen LogP) is 2.40. The quantitative estimate of drug-likeness (QED) is 0.751. The first-order chi connectivity index (χ1) is 6.94. The van der Waals surface area contributed by atoms with Crippen molar-refractivity contribution in [3.63, 3.8) is 0 Å². The Hall–Kier alpha value is -1.85. The van der Waals surface area contributed by atoms with E-state index < -0.39 is 12.1 Å². The number of aliphatic hydroxyl groups excluding tert-OH is 1. The van der Waals surface area contributed by atoms with Crippen LogP contribution in [0, 0.1) is 0 Å². The molecule has 0 radical (unpaired) electrons. The molecule has 15 heavy (non-hydrogen) atoms. The Morgan fingerprint density at radius 1 is 1.33 bits per heavy atom. The molecule has 0 unspecified atom stereocenters. The number of halogens is 3. The number of benzene rings is 1. The molecule has 3 nitrogen and oxygen atoms in total. The van der Waals surface area contributed by atoms with Gasteiger partial charge in [0.2, 0.25) is 0 Å². The highest BCUT2D eigenvalue weighted by molar-refractivity contribution is 5.67. The van der Waals surface area contributed by atoms with Gasteiger partial charge in [0.15, 0.2) is 0 Å². The molecule has 82 valence electrons. The zero-order chi connectivity index (χ0) is 11.5. The van der Waals surface area contributed by atoms with Gasteiger partial charge in [-0.15, -0.1) is 13.2 Å². The Labute approximate surface area is 83.6 Å². The first kappa shape index (κ1) is 11.2. The van der Waals surface area contributed by atoms with Gasteiger partial charge in [0, 0.05) is 5.56 Å². The maximum Gasteiger partial charge on any atom is 0.573 e. The van der Waals surface area contributed by atoms with Crippen LogP contribution in [0.2, 0.25) is 0 Å². The molecule has 0 bridgehead atoms. The molecule has 1 rings (SSSR count). The van der Waals surface area contributed by atoms with Gasteiger partial charge in [0.25, 0.3) is 0 Å². The topological polar surface area (TPSA) is 55.5 Å². The summed E-state index contributed by atoms with van der Waals surface area (Å²) in [6, 6.07) is 5.27. The van der Waals surface area contributed by atoms with Crippen LogP contribution in [0.1, 0.15) is 5.56 Å². The zero-order valence-corrected chi connectivity index (χ0v) is 7.45. The summed E-state index contributed by atoms with van der Waals surface area (Å²) in [6.07, 6.45) is -4.27. The van der Waals surface area contributed by atoms with Crippen molar-refractivity contribution >= 4 is 5.70 Å². The second-order valence-electron chi connectivity index (χ2n) is 2.63. The summed E-state index contributed by atoms with van der Waals surface area (Å²) in [4.78, 5) is 0. The monoisotopic (exact) mass is 219 g/mol. The van der Waals surface area contributed by atoms with Gasteiger partial charge in [-0.05, 0) is 12.1 Å². The first-order valence-electron chi connectivity index (χ1n) is 3.89. The number of para-hydroxylation sites is 1. The van der Waals surface area contributed by atoms with Gasteiger partial charge in [-0.25, -0.2) is 0 Å². The number of aliphatic hydroxyl groups is 1. The second kappa shape index (κ2) is 4.12. The molecule has 3 N–H and O–H groups in total. The number of hydrogen-bond acceptors (Lipinski definition) is 3. The fraction of sp³-hybridized carbons (Fsp3) is 0.111. The van der Waals surface area contributed by atoms with Crippen LogP contribution < -0.4 is 10.5 Å². The molecule has 0 saturated carbocycles. The third kappa shape index (κ3) is 3.08. The zero-order valence-electron chi connectivity index (χ0n) is 7.45. The molecule has 1 aromatic rings. The third-order valence-electron chi connectivity index (χ3n) is 1.56. The van der Waals surface area contributed by atoms with Crippen LogP contribution in [0.4, 0.5) is 13.2 Å². The highest BCUT2D eigenvalue weighted by Gasteiger charge is 2.32. The van der Waals surface area contributed by atoms with Crippen LogP contribution in [0.3, 0.4) is 0 Å². The van der Waals surface area contributed by atoms with Gasteiger partial charge in [-0.1, -0.05) is 12.1 Å². The molecule has 0 aliphatic heterocycles. The van der Waals surface area contributed by atoms with Gasteiger partial charge >= 0.3 is 6.36 Å². The van der Waals surface area contributed by atoms with Crippen LogP contribution >= 0.6 is 0 Å². The van der Waals surface area contributed by atoms with Gasteiger partial charge in [-0.3, -0.25) is 0 Å². The lowest BCUT2D eigenvalue weighted by molar-refractivity contribution is -0.274. The second-order valence-corrected chi connectivity index (χ2v) is 2.63. The normalized spacial score (nSPS) is 12.6. The van der Waals surface area contributed by atoms with Crippen molar-refractivity contribution in [2.75, 3.05) is 0 Å². The molecule has 0 atom stereocenters. The lowest BCUT2D eigenvalue weighted by atomic mass is 10.1. The van der Waals surface area contributed by atoms with Crippen LogP contribution in [0.15, 0.2) is 30.5 Å². The van der Waals surface area contributed by atoms with Gasteiger partial charge in [-0.2, -0.15) is 0 Å². The standard InChI is InChI=1S/C9H8F3NO2/c10-9(11,12)15-8-4-2-1-3-6(8)7(13)5-14/h1-5,14H,13H2/b7-5-. The summed E-state index contributed by atoms with van der Waals surface area (Å²) in [6.45, 7) is 0. The molecule has 0 amide bonds. The Morgan fingerprint density at radius 2 is 1.93 bits per heavy atom. The Bertz CT molecular complexity index is 374. The van der Waals surface area contributed by atoms with E-state index in [0.29, 0.717) is 6.26 Å². The van der Waals surface area contributed by atoms with E-state index in [4.69, 9.17) is 10.8 Å². The highest BCUT2D eigenvalue weighted by atomic mass is 19.4. The van der Waals surface area contributed by atoms with Crippen LogP contribution in [-0.2, 0) is 0 Å². The number of hydrogen-bond donors (Lipinski definition) is 2.